The maximum Gasteiger partial charge on any atom is 0.0806 e. The SMILES string of the molecule is CCOC1(CNC(C)(C)C)CCC(C(C)C)CC1. The van der Waals surface area contributed by atoms with Crippen LogP contribution in [0.4, 0.5) is 0 Å². The lowest BCUT2D eigenvalue weighted by Crippen LogP contribution is -2.51. The van der Waals surface area contributed by atoms with Gasteiger partial charge in [0.15, 0.2) is 0 Å². The molecule has 0 spiro atoms. The second-order valence-electron chi connectivity index (χ2n) is 7.30. The second kappa shape index (κ2) is 6.38. The molecule has 0 saturated heterocycles. The predicted molar refractivity (Wildman–Crippen MR) is 78.9 cm³/mol. The largest absolute Gasteiger partial charge is 0.374 e. The average molecular weight is 255 g/mol. The first-order chi connectivity index (χ1) is 8.28. The molecular weight excluding hydrogens is 222 g/mol. The van der Waals surface area contributed by atoms with Crippen LogP contribution in [-0.2, 0) is 4.74 Å². The molecule has 0 aliphatic heterocycles. The number of nitrogens with one attached hydrogen (secondary N) is 1. The first-order valence-corrected chi connectivity index (χ1v) is 7.67. The first-order valence-electron chi connectivity index (χ1n) is 7.67. The monoisotopic (exact) mass is 255 g/mol. The second-order valence-corrected chi connectivity index (χ2v) is 7.30. The molecule has 2 nitrogen and oxygen atoms in total. The molecular formula is C16H33NO. The molecule has 0 heterocycles. The van der Waals surface area contributed by atoms with Crippen molar-refractivity contribution >= 4 is 0 Å². The van der Waals surface area contributed by atoms with E-state index in [9.17, 15) is 0 Å². The van der Waals surface area contributed by atoms with Gasteiger partial charge < -0.3 is 10.1 Å². The van der Waals surface area contributed by atoms with Gasteiger partial charge in [0.2, 0.25) is 0 Å². The van der Waals surface area contributed by atoms with E-state index in [2.05, 4.69) is 46.9 Å². The third-order valence-electron chi connectivity index (χ3n) is 4.28. The highest BCUT2D eigenvalue weighted by atomic mass is 16.5. The van der Waals surface area contributed by atoms with Crippen LogP contribution in [0.2, 0.25) is 0 Å². The van der Waals surface area contributed by atoms with Gasteiger partial charge in [-0.3, -0.25) is 0 Å². The topological polar surface area (TPSA) is 21.3 Å². The van der Waals surface area contributed by atoms with Crippen LogP contribution in [0.15, 0.2) is 0 Å². The van der Waals surface area contributed by atoms with Gasteiger partial charge in [-0.15, -0.1) is 0 Å². The summed E-state index contributed by atoms with van der Waals surface area (Å²) < 4.78 is 6.13. The molecule has 1 saturated carbocycles. The van der Waals surface area contributed by atoms with Crippen molar-refractivity contribution in [3.63, 3.8) is 0 Å². The summed E-state index contributed by atoms with van der Waals surface area (Å²) in [5.74, 6) is 1.72. The van der Waals surface area contributed by atoms with Crippen LogP contribution >= 0.6 is 0 Å². The molecule has 0 aromatic rings. The molecule has 1 fully saturated rings. The highest BCUT2D eigenvalue weighted by Crippen LogP contribution is 2.38. The lowest BCUT2D eigenvalue weighted by molar-refractivity contribution is -0.0771. The van der Waals surface area contributed by atoms with E-state index in [-0.39, 0.29) is 11.1 Å². The van der Waals surface area contributed by atoms with Crippen molar-refractivity contribution in [1.82, 2.24) is 5.32 Å². The molecule has 0 aromatic carbocycles. The third kappa shape index (κ3) is 4.89. The molecule has 0 amide bonds. The summed E-state index contributed by atoms with van der Waals surface area (Å²) in [4.78, 5) is 0. The van der Waals surface area contributed by atoms with Crippen molar-refractivity contribution in [1.29, 1.82) is 0 Å². The fourth-order valence-electron chi connectivity index (χ4n) is 2.94. The number of rotatable bonds is 5. The predicted octanol–water partition coefficient (Wildman–Crippen LogP) is 4.00. The Morgan fingerprint density at radius 2 is 1.78 bits per heavy atom. The van der Waals surface area contributed by atoms with E-state index in [1.807, 2.05) is 0 Å². The molecule has 1 N–H and O–H groups in total. The van der Waals surface area contributed by atoms with Gasteiger partial charge in [-0.2, -0.15) is 0 Å². The molecule has 18 heavy (non-hydrogen) atoms. The van der Waals surface area contributed by atoms with Crippen LogP contribution in [0.25, 0.3) is 0 Å². The van der Waals surface area contributed by atoms with Gasteiger partial charge in [-0.25, -0.2) is 0 Å². The Kier molecular flexibility index (Phi) is 5.67. The van der Waals surface area contributed by atoms with Gasteiger partial charge in [-0.1, -0.05) is 13.8 Å². The van der Waals surface area contributed by atoms with Gasteiger partial charge >= 0.3 is 0 Å². The molecule has 0 atom stereocenters. The molecule has 0 aromatic heterocycles. The van der Waals surface area contributed by atoms with Gasteiger partial charge in [-0.05, 0) is 65.2 Å². The van der Waals surface area contributed by atoms with Crippen molar-refractivity contribution in [2.24, 2.45) is 11.8 Å². The summed E-state index contributed by atoms with van der Waals surface area (Å²) >= 11 is 0. The average Bonchev–Trinajstić information content (AvgIpc) is 2.27. The summed E-state index contributed by atoms with van der Waals surface area (Å²) in [5, 5.41) is 3.64. The van der Waals surface area contributed by atoms with Crippen molar-refractivity contribution < 1.29 is 4.74 Å². The highest BCUT2D eigenvalue weighted by Gasteiger charge is 2.37. The third-order valence-corrected chi connectivity index (χ3v) is 4.28. The Hall–Kier alpha value is -0.0800. The zero-order chi connectivity index (χ0) is 13.8. The zero-order valence-electron chi connectivity index (χ0n) is 13.3. The number of hydrogen-bond acceptors (Lipinski definition) is 2. The fraction of sp³-hybridized carbons (Fsp3) is 1.00. The van der Waals surface area contributed by atoms with Gasteiger partial charge in [0, 0.05) is 18.7 Å². The Labute approximate surface area is 114 Å². The minimum absolute atomic E-state index is 0.0907. The Bertz CT molecular complexity index is 234. The molecule has 108 valence electrons. The Morgan fingerprint density at radius 1 is 1.22 bits per heavy atom. The summed E-state index contributed by atoms with van der Waals surface area (Å²) in [5.41, 5.74) is 0.270. The van der Waals surface area contributed by atoms with E-state index < -0.39 is 0 Å². The molecule has 0 radical (unpaired) electrons. The van der Waals surface area contributed by atoms with Crippen LogP contribution in [0.5, 0.6) is 0 Å². The molecule has 1 rings (SSSR count). The van der Waals surface area contributed by atoms with E-state index in [1.165, 1.54) is 25.7 Å². The minimum Gasteiger partial charge on any atom is -0.374 e. The molecule has 0 unspecified atom stereocenters. The Morgan fingerprint density at radius 3 is 2.17 bits per heavy atom. The van der Waals surface area contributed by atoms with Crippen LogP contribution in [0, 0.1) is 11.8 Å². The highest BCUT2D eigenvalue weighted by molar-refractivity contribution is 4.91. The van der Waals surface area contributed by atoms with Crippen molar-refractivity contribution in [2.75, 3.05) is 13.2 Å². The van der Waals surface area contributed by atoms with Crippen molar-refractivity contribution in [3.8, 4) is 0 Å². The van der Waals surface area contributed by atoms with Crippen LogP contribution < -0.4 is 5.32 Å². The van der Waals surface area contributed by atoms with Crippen LogP contribution in [0.1, 0.15) is 67.2 Å². The smallest absolute Gasteiger partial charge is 0.0806 e. The normalized spacial score (nSPS) is 29.8. The van der Waals surface area contributed by atoms with E-state index in [0.29, 0.717) is 0 Å². The van der Waals surface area contributed by atoms with E-state index in [4.69, 9.17) is 4.74 Å². The van der Waals surface area contributed by atoms with E-state index in [1.54, 1.807) is 0 Å². The van der Waals surface area contributed by atoms with Crippen molar-refractivity contribution in [3.05, 3.63) is 0 Å². The molecule has 1 aliphatic carbocycles. The number of ether oxygens (including phenoxy) is 1. The van der Waals surface area contributed by atoms with Crippen LogP contribution in [0.3, 0.4) is 0 Å². The summed E-state index contributed by atoms with van der Waals surface area (Å²) in [7, 11) is 0. The summed E-state index contributed by atoms with van der Waals surface area (Å²) in [6.45, 7) is 15.3. The molecule has 2 heteroatoms. The number of hydrogen-bond donors (Lipinski definition) is 1. The quantitative estimate of drug-likeness (QED) is 0.802. The van der Waals surface area contributed by atoms with E-state index >= 15 is 0 Å². The van der Waals surface area contributed by atoms with Gasteiger partial charge in [0.25, 0.3) is 0 Å². The maximum absolute atomic E-state index is 6.13. The first kappa shape index (κ1) is 16.0. The molecule has 0 bridgehead atoms. The lowest BCUT2D eigenvalue weighted by atomic mass is 9.74. The minimum atomic E-state index is 0.0907. The van der Waals surface area contributed by atoms with Gasteiger partial charge in [0.05, 0.1) is 5.60 Å². The van der Waals surface area contributed by atoms with Crippen molar-refractivity contribution in [2.45, 2.75) is 78.4 Å². The summed E-state index contributed by atoms with van der Waals surface area (Å²) in [6.07, 6.45) is 5.08. The molecule has 1 aliphatic rings. The van der Waals surface area contributed by atoms with Crippen LogP contribution in [-0.4, -0.2) is 24.3 Å². The zero-order valence-corrected chi connectivity index (χ0v) is 13.3. The maximum atomic E-state index is 6.13. The summed E-state index contributed by atoms with van der Waals surface area (Å²) in [6, 6.07) is 0. The fourth-order valence-corrected chi connectivity index (χ4v) is 2.94. The standard InChI is InChI=1S/C16H33NO/c1-7-18-16(12-17-15(4,5)6)10-8-14(9-11-16)13(2)3/h13-14,17H,7-12H2,1-6H3. The Balaban J connectivity index is 2.55. The van der Waals surface area contributed by atoms with E-state index in [0.717, 1.165) is 25.0 Å². The lowest BCUT2D eigenvalue weighted by Gasteiger charge is -2.42. The van der Waals surface area contributed by atoms with Gasteiger partial charge in [0.1, 0.15) is 0 Å².